The van der Waals surface area contributed by atoms with Crippen LogP contribution in [0.2, 0.25) is 0 Å². The number of nitrogens with one attached hydrogen (secondary N) is 1. The molecule has 7 nitrogen and oxygen atoms in total. The predicted molar refractivity (Wildman–Crippen MR) is 103 cm³/mol. The number of rotatable bonds is 6. The zero-order valence-corrected chi connectivity index (χ0v) is 16.0. The molecule has 1 aliphatic rings. The second kappa shape index (κ2) is 8.41. The molecule has 2 aromatic rings. The van der Waals surface area contributed by atoms with Crippen LogP contribution in [0.5, 0.6) is 5.75 Å². The molecule has 0 bridgehead atoms. The van der Waals surface area contributed by atoms with E-state index in [9.17, 15) is 13.2 Å². The Morgan fingerprint density at radius 3 is 2.22 bits per heavy atom. The fourth-order valence-corrected chi connectivity index (χ4v) is 3.95. The smallest absolute Gasteiger partial charge is 0.241 e. The molecule has 1 heterocycles. The Morgan fingerprint density at radius 2 is 1.63 bits per heavy atom. The van der Waals surface area contributed by atoms with Crippen LogP contribution in [-0.2, 0) is 14.8 Å². The van der Waals surface area contributed by atoms with Gasteiger partial charge in [-0.1, -0.05) is 18.2 Å². The molecular weight excluding hydrogens is 366 g/mol. The maximum atomic E-state index is 12.4. The van der Waals surface area contributed by atoms with Gasteiger partial charge in [0, 0.05) is 31.9 Å². The molecule has 0 unspecified atom stereocenters. The van der Waals surface area contributed by atoms with Crippen LogP contribution < -0.4 is 14.4 Å². The molecule has 1 N–H and O–H groups in total. The Morgan fingerprint density at radius 1 is 1.00 bits per heavy atom. The molecule has 0 aliphatic carbocycles. The van der Waals surface area contributed by atoms with Gasteiger partial charge in [-0.3, -0.25) is 4.79 Å². The first-order valence-corrected chi connectivity index (χ1v) is 10.2. The van der Waals surface area contributed by atoms with Crippen molar-refractivity contribution in [2.75, 3.05) is 44.7 Å². The largest absolute Gasteiger partial charge is 0.497 e. The average Bonchev–Trinajstić information content (AvgIpc) is 2.73. The lowest BCUT2D eigenvalue weighted by Gasteiger charge is -2.36. The Hall–Kier alpha value is -2.58. The Balaban J connectivity index is 1.51. The zero-order chi connectivity index (χ0) is 19.3. The van der Waals surface area contributed by atoms with E-state index in [0.717, 1.165) is 11.4 Å². The third-order valence-electron chi connectivity index (χ3n) is 4.54. The van der Waals surface area contributed by atoms with Gasteiger partial charge in [0.1, 0.15) is 5.75 Å². The molecule has 2 aromatic carbocycles. The van der Waals surface area contributed by atoms with Crippen molar-refractivity contribution in [1.82, 2.24) is 9.62 Å². The molecule has 0 atom stereocenters. The van der Waals surface area contributed by atoms with E-state index < -0.39 is 10.0 Å². The van der Waals surface area contributed by atoms with E-state index in [1.165, 1.54) is 12.1 Å². The number of methoxy groups -OCH3 is 1. The number of carbonyl (C=O) groups is 1. The third kappa shape index (κ3) is 4.78. The lowest BCUT2D eigenvalue weighted by molar-refractivity contribution is -0.130. The number of carbonyl (C=O) groups excluding carboxylic acids is 1. The number of sulfonamides is 1. The monoisotopic (exact) mass is 389 g/mol. The van der Waals surface area contributed by atoms with Crippen molar-refractivity contribution in [2.24, 2.45) is 0 Å². The minimum Gasteiger partial charge on any atom is -0.497 e. The van der Waals surface area contributed by atoms with Crippen LogP contribution in [0, 0.1) is 0 Å². The summed E-state index contributed by atoms with van der Waals surface area (Å²) in [6, 6.07) is 15.8. The SMILES string of the molecule is COc1ccc(N2CCN(C(=O)CNS(=O)(=O)c3ccccc3)CC2)cc1. The van der Waals surface area contributed by atoms with Gasteiger partial charge < -0.3 is 14.5 Å². The van der Waals surface area contributed by atoms with Gasteiger partial charge in [0.05, 0.1) is 18.6 Å². The number of amides is 1. The number of anilines is 1. The topological polar surface area (TPSA) is 79.0 Å². The van der Waals surface area contributed by atoms with Crippen LogP contribution >= 0.6 is 0 Å². The number of benzene rings is 2. The second-order valence-corrected chi connectivity index (χ2v) is 7.97. The van der Waals surface area contributed by atoms with Gasteiger partial charge in [-0.25, -0.2) is 13.1 Å². The molecule has 1 amide bonds. The molecule has 1 aliphatic heterocycles. The first kappa shape index (κ1) is 19.2. The number of ether oxygens (including phenoxy) is 1. The van der Waals surface area contributed by atoms with Crippen molar-refractivity contribution in [3.63, 3.8) is 0 Å². The third-order valence-corrected chi connectivity index (χ3v) is 5.95. The first-order chi connectivity index (χ1) is 13.0. The van der Waals surface area contributed by atoms with Crippen molar-refractivity contribution in [1.29, 1.82) is 0 Å². The highest BCUT2D eigenvalue weighted by Crippen LogP contribution is 2.20. The van der Waals surface area contributed by atoms with E-state index in [1.54, 1.807) is 30.2 Å². The molecule has 144 valence electrons. The summed E-state index contributed by atoms with van der Waals surface area (Å²) < 4.78 is 32.0. The summed E-state index contributed by atoms with van der Waals surface area (Å²) in [5.41, 5.74) is 1.08. The molecule has 0 spiro atoms. The van der Waals surface area contributed by atoms with Crippen molar-refractivity contribution in [2.45, 2.75) is 4.90 Å². The number of piperazine rings is 1. The molecule has 1 saturated heterocycles. The van der Waals surface area contributed by atoms with E-state index in [2.05, 4.69) is 9.62 Å². The lowest BCUT2D eigenvalue weighted by Crippen LogP contribution is -2.51. The van der Waals surface area contributed by atoms with E-state index in [1.807, 2.05) is 24.3 Å². The fourth-order valence-electron chi connectivity index (χ4n) is 2.96. The Bertz CT molecular complexity index is 862. The van der Waals surface area contributed by atoms with Gasteiger partial charge in [-0.2, -0.15) is 0 Å². The fraction of sp³-hybridized carbons (Fsp3) is 0.316. The quantitative estimate of drug-likeness (QED) is 0.806. The van der Waals surface area contributed by atoms with Crippen molar-refractivity contribution < 1.29 is 17.9 Å². The summed E-state index contributed by atoms with van der Waals surface area (Å²) in [6.07, 6.45) is 0. The summed E-state index contributed by atoms with van der Waals surface area (Å²) in [7, 11) is -2.04. The highest BCUT2D eigenvalue weighted by Gasteiger charge is 2.23. The molecule has 0 saturated carbocycles. The van der Waals surface area contributed by atoms with E-state index >= 15 is 0 Å². The minimum atomic E-state index is -3.67. The van der Waals surface area contributed by atoms with Gasteiger partial charge in [0.25, 0.3) is 0 Å². The van der Waals surface area contributed by atoms with Gasteiger partial charge >= 0.3 is 0 Å². The van der Waals surface area contributed by atoms with Crippen LogP contribution in [0.3, 0.4) is 0 Å². The van der Waals surface area contributed by atoms with E-state index in [0.29, 0.717) is 26.2 Å². The summed E-state index contributed by atoms with van der Waals surface area (Å²) in [6.45, 7) is 2.27. The standard InChI is InChI=1S/C19H23N3O4S/c1-26-17-9-7-16(8-10-17)21-11-13-22(14-12-21)19(23)15-20-27(24,25)18-5-3-2-4-6-18/h2-10,20H,11-15H2,1H3. The number of hydrogen-bond acceptors (Lipinski definition) is 5. The van der Waals surface area contributed by atoms with Crippen LogP contribution in [0.4, 0.5) is 5.69 Å². The van der Waals surface area contributed by atoms with E-state index in [4.69, 9.17) is 4.74 Å². The molecule has 1 fully saturated rings. The lowest BCUT2D eigenvalue weighted by atomic mass is 10.2. The number of hydrogen-bond donors (Lipinski definition) is 1. The summed E-state index contributed by atoms with van der Waals surface area (Å²) in [5, 5.41) is 0. The van der Waals surface area contributed by atoms with Gasteiger partial charge in [0.2, 0.25) is 15.9 Å². The highest BCUT2D eigenvalue weighted by atomic mass is 32.2. The summed E-state index contributed by atoms with van der Waals surface area (Å²) in [4.78, 5) is 16.4. The minimum absolute atomic E-state index is 0.155. The molecule has 27 heavy (non-hydrogen) atoms. The normalized spacial score (nSPS) is 14.9. The van der Waals surface area contributed by atoms with Crippen LogP contribution in [0.25, 0.3) is 0 Å². The molecule has 8 heteroatoms. The maximum Gasteiger partial charge on any atom is 0.241 e. The molecule has 0 aromatic heterocycles. The van der Waals surface area contributed by atoms with Crippen LogP contribution in [-0.4, -0.2) is 59.1 Å². The van der Waals surface area contributed by atoms with Crippen molar-refractivity contribution >= 4 is 21.6 Å². The average molecular weight is 389 g/mol. The summed E-state index contributed by atoms with van der Waals surface area (Å²) >= 11 is 0. The summed E-state index contributed by atoms with van der Waals surface area (Å²) in [5.74, 6) is 0.585. The second-order valence-electron chi connectivity index (χ2n) is 6.20. The maximum absolute atomic E-state index is 12.4. The zero-order valence-electron chi connectivity index (χ0n) is 15.2. The first-order valence-electron chi connectivity index (χ1n) is 8.71. The van der Waals surface area contributed by atoms with Crippen LogP contribution in [0.1, 0.15) is 0 Å². The van der Waals surface area contributed by atoms with Crippen LogP contribution in [0.15, 0.2) is 59.5 Å². The molecular formula is C19H23N3O4S. The molecule has 3 rings (SSSR count). The number of nitrogens with zero attached hydrogens (tertiary/aromatic N) is 2. The highest BCUT2D eigenvalue weighted by molar-refractivity contribution is 7.89. The van der Waals surface area contributed by atoms with Gasteiger partial charge in [-0.05, 0) is 36.4 Å². The predicted octanol–water partition coefficient (Wildman–Crippen LogP) is 1.32. The Labute approximate surface area is 159 Å². The molecule has 0 radical (unpaired) electrons. The Kier molecular flexibility index (Phi) is 5.98. The van der Waals surface area contributed by atoms with Gasteiger partial charge in [0.15, 0.2) is 0 Å². The van der Waals surface area contributed by atoms with Crippen molar-refractivity contribution in [3.8, 4) is 5.75 Å². The van der Waals surface area contributed by atoms with Gasteiger partial charge in [-0.15, -0.1) is 0 Å². The van der Waals surface area contributed by atoms with E-state index in [-0.39, 0.29) is 17.3 Å². The van der Waals surface area contributed by atoms with Crippen molar-refractivity contribution in [3.05, 3.63) is 54.6 Å².